The molecule has 2 fully saturated rings. The maximum Gasteiger partial charge on any atom is 0.323 e. The van der Waals surface area contributed by atoms with Gasteiger partial charge in [-0.05, 0) is 92.5 Å². The molecule has 1 aliphatic carbocycles. The summed E-state index contributed by atoms with van der Waals surface area (Å²) >= 11 is 3.47. The number of amides is 1. The molecule has 1 aliphatic heterocycles. The lowest BCUT2D eigenvalue weighted by Crippen LogP contribution is -2.45. The number of nitrogens with one attached hydrogen (secondary N) is 1. The van der Waals surface area contributed by atoms with E-state index in [2.05, 4.69) is 36.2 Å². The topological polar surface area (TPSA) is 111 Å². The Kier molecular flexibility index (Phi) is 9.00. The lowest BCUT2D eigenvalue weighted by Gasteiger charge is -2.28. The quantitative estimate of drug-likeness (QED) is 0.350. The Labute approximate surface area is 232 Å². The number of ether oxygens (including phenoxy) is 1. The number of nitrogens with zero attached hydrogens (tertiary/aromatic N) is 5. The summed E-state index contributed by atoms with van der Waals surface area (Å²) in [7, 11) is 0. The maximum atomic E-state index is 13.2. The van der Waals surface area contributed by atoms with Gasteiger partial charge in [0.1, 0.15) is 17.7 Å². The Hall–Kier alpha value is -3.03. The third-order valence-corrected chi connectivity index (χ3v) is 7.44. The molecule has 0 bridgehead atoms. The van der Waals surface area contributed by atoms with Crippen molar-refractivity contribution in [3.8, 4) is 6.07 Å². The highest BCUT2D eigenvalue weighted by Crippen LogP contribution is 2.29. The van der Waals surface area contributed by atoms with E-state index in [0.717, 1.165) is 37.8 Å². The molecule has 0 unspecified atom stereocenters. The summed E-state index contributed by atoms with van der Waals surface area (Å²) in [5.74, 6) is 0.513. The number of benzene rings is 1. The highest BCUT2D eigenvalue weighted by molar-refractivity contribution is 9.10. The number of carbonyl (C=O) groups is 2. The van der Waals surface area contributed by atoms with E-state index in [1.165, 1.54) is 19.0 Å². The molecule has 38 heavy (non-hydrogen) atoms. The van der Waals surface area contributed by atoms with Crippen molar-refractivity contribution in [2.24, 2.45) is 5.92 Å². The van der Waals surface area contributed by atoms with Crippen LogP contribution in [0, 0.1) is 17.2 Å². The number of nitriles is 1. The molecule has 2 heterocycles. The minimum Gasteiger partial charge on any atom is -0.459 e. The molecule has 1 atom stereocenters. The average molecular weight is 584 g/mol. The Morgan fingerprint density at radius 1 is 1.18 bits per heavy atom. The van der Waals surface area contributed by atoms with Gasteiger partial charge in [0.15, 0.2) is 5.82 Å². The lowest BCUT2D eigenvalue weighted by atomic mass is 10.1. The van der Waals surface area contributed by atoms with Crippen molar-refractivity contribution in [1.82, 2.24) is 20.3 Å². The molecular weight excluding hydrogens is 548 g/mol. The number of hydrogen-bond acceptors (Lipinski definition) is 8. The zero-order chi connectivity index (χ0) is 27.3. The predicted octanol–water partition coefficient (Wildman–Crippen LogP) is 4.76. The number of hydrazine groups is 1. The highest BCUT2D eigenvalue weighted by atomic mass is 79.9. The fraction of sp³-hybridized carbons (Fsp3) is 0.536. The molecular formula is C28H35BrN6O3. The Morgan fingerprint density at radius 2 is 1.89 bits per heavy atom. The SMILES string of the molecule is CC(C)(C)OC(=O)[C@@H]1CCCN1Cc1ccc(C(=O)NN(CC2CCCC2)c2nc(C#N)ncc2Br)cc1. The molecule has 0 radical (unpaired) electrons. The van der Waals surface area contributed by atoms with Gasteiger partial charge in [-0.3, -0.25) is 24.9 Å². The van der Waals surface area contributed by atoms with E-state index in [9.17, 15) is 14.9 Å². The van der Waals surface area contributed by atoms with Gasteiger partial charge in [0.25, 0.3) is 5.91 Å². The molecule has 0 spiro atoms. The lowest BCUT2D eigenvalue weighted by molar-refractivity contribution is -0.160. The summed E-state index contributed by atoms with van der Waals surface area (Å²) in [5, 5.41) is 11.0. The van der Waals surface area contributed by atoms with E-state index in [-0.39, 0.29) is 23.7 Å². The fourth-order valence-electron chi connectivity index (χ4n) is 5.07. The third-order valence-electron chi connectivity index (χ3n) is 6.88. The van der Waals surface area contributed by atoms with Crippen LogP contribution in [0.25, 0.3) is 0 Å². The van der Waals surface area contributed by atoms with E-state index in [4.69, 9.17) is 4.74 Å². The number of hydrogen-bond donors (Lipinski definition) is 1. The molecule has 9 nitrogen and oxygen atoms in total. The van der Waals surface area contributed by atoms with Crippen LogP contribution in [0.15, 0.2) is 34.9 Å². The first-order valence-corrected chi connectivity index (χ1v) is 14.0. The van der Waals surface area contributed by atoms with Crippen LogP contribution in [0.3, 0.4) is 0 Å². The molecule has 1 aromatic heterocycles. The van der Waals surface area contributed by atoms with Crippen LogP contribution in [0.1, 0.15) is 81.0 Å². The minimum atomic E-state index is -0.510. The van der Waals surface area contributed by atoms with Gasteiger partial charge < -0.3 is 4.74 Å². The Bertz CT molecular complexity index is 1180. The van der Waals surface area contributed by atoms with Gasteiger partial charge in [0, 0.05) is 24.8 Å². The first kappa shape index (κ1) is 28.0. The summed E-state index contributed by atoms with van der Waals surface area (Å²) in [6, 6.07) is 9.17. The van der Waals surface area contributed by atoms with Gasteiger partial charge >= 0.3 is 5.97 Å². The molecule has 10 heteroatoms. The molecule has 1 amide bonds. The first-order valence-electron chi connectivity index (χ1n) is 13.2. The molecule has 202 valence electrons. The van der Waals surface area contributed by atoms with E-state index in [1.807, 2.05) is 39.0 Å². The summed E-state index contributed by atoms with van der Waals surface area (Å²) in [4.78, 5) is 36.4. The van der Waals surface area contributed by atoms with Crippen LogP contribution in [0.2, 0.25) is 0 Å². The minimum absolute atomic E-state index is 0.0461. The number of aromatic nitrogens is 2. The summed E-state index contributed by atoms with van der Waals surface area (Å²) in [6.07, 6.45) is 7.81. The van der Waals surface area contributed by atoms with E-state index < -0.39 is 5.60 Å². The molecule has 1 aromatic carbocycles. The van der Waals surface area contributed by atoms with Crippen LogP contribution in [-0.2, 0) is 16.1 Å². The Balaban J connectivity index is 1.44. The van der Waals surface area contributed by atoms with Crippen LogP contribution in [-0.4, -0.2) is 51.5 Å². The fourth-order valence-corrected chi connectivity index (χ4v) is 5.48. The third kappa shape index (κ3) is 7.29. The number of rotatable bonds is 8. The van der Waals surface area contributed by atoms with Crippen molar-refractivity contribution in [2.75, 3.05) is 18.1 Å². The summed E-state index contributed by atoms with van der Waals surface area (Å²) < 4.78 is 6.22. The molecule has 1 N–H and O–H groups in total. The normalized spacial score (nSPS) is 18.2. The van der Waals surface area contributed by atoms with Crippen molar-refractivity contribution in [1.29, 1.82) is 5.26 Å². The second-order valence-electron chi connectivity index (χ2n) is 11.0. The van der Waals surface area contributed by atoms with E-state index in [0.29, 0.717) is 34.9 Å². The first-order chi connectivity index (χ1) is 18.1. The van der Waals surface area contributed by atoms with Gasteiger partial charge in [0.05, 0.1) is 4.47 Å². The van der Waals surface area contributed by atoms with Gasteiger partial charge in [-0.15, -0.1) is 0 Å². The van der Waals surface area contributed by atoms with Crippen LogP contribution in [0.5, 0.6) is 0 Å². The number of esters is 1. The number of anilines is 1. The van der Waals surface area contributed by atoms with Crippen molar-refractivity contribution < 1.29 is 14.3 Å². The van der Waals surface area contributed by atoms with E-state index in [1.54, 1.807) is 17.1 Å². The summed E-state index contributed by atoms with van der Waals surface area (Å²) in [6.45, 7) is 7.70. The van der Waals surface area contributed by atoms with Crippen LogP contribution in [0.4, 0.5) is 5.82 Å². The maximum absolute atomic E-state index is 13.2. The van der Waals surface area contributed by atoms with Gasteiger partial charge in [-0.2, -0.15) is 10.2 Å². The molecule has 2 aliphatic rings. The molecule has 1 saturated heterocycles. The highest BCUT2D eigenvalue weighted by Gasteiger charge is 2.34. The molecule has 1 saturated carbocycles. The predicted molar refractivity (Wildman–Crippen MR) is 147 cm³/mol. The van der Waals surface area contributed by atoms with Crippen molar-refractivity contribution in [2.45, 2.75) is 77.5 Å². The monoisotopic (exact) mass is 582 g/mol. The largest absolute Gasteiger partial charge is 0.459 e. The van der Waals surface area contributed by atoms with Gasteiger partial charge in [-0.1, -0.05) is 25.0 Å². The number of halogens is 1. The average Bonchev–Trinajstić information content (AvgIpc) is 3.55. The molecule has 4 rings (SSSR count). The number of likely N-dealkylation sites (tertiary alicyclic amines) is 1. The second kappa shape index (κ2) is 12.2. The molecule has 2 aromatic rings. The van der Waals surface area contributed by atoms with Crippen molar-refractivity contribution >= 4 is 33.6 Å². The zero-order valence-corrected chi connectivity index (χ0v) is 23.8. The van der Waals surface area contributed by atoms with Crippen LogP contribution >= 0.6 is 15.9 Å². The Morgan fingerprint density at radius 3 is 2.55 bits per heavy atom. The van der Waals surface area contributed by atoms with Crippen LogP contribution < -0.4 is 10.4 Å². The van der Waals surface area contributed by atoms with E-state index >= 15 is 0 Å². The number of carbonyl (C=O) groups excluding carboxylic acids is 2. The van der Waals surface area contributed by atoms with Gasteiger partial charge in [-0.25, -0.2) is 4.98 Å². The zero-order valence-electron chi connectivity index (χ0n) is 22.2. The second-order valence-corrected chi connectivity index (χ2v) is 11.9. The summed E-state index contributed by atoms with van der Waals surface area (Å²) in [5.41, 5.74) is 4.03. The smallest absolute Gasteiger partial charge is 0.323 e. The van der Waals surface area contributed by atoms with Crippen molar-refractivity contribution in [3.63, 3.8) is 0 Å². The van der Waals surface area contributed by atoms with Crippen molar-refractivity contribution in [3.05, 3.63) is 51.9 Å². The standard InChI is InChI=1S/C28H35BrN6O3/c1-28(2,3)38-27(37)23-9-6-14-34(23)17-20-10-12-21(13-11-20)26(36)33-35(18-19-7-4-5-8-19)25-22(29)16-31-24(15-30)32-25/h10-13,16,19,23H,4-9,14,17-18H2,1-3H3,(H,33,36)/t23-/m0/s1. The van der Waals surface area contributed by atoms with Gasteiger partial charge in [0.2, 0.25) is 5.82 Å².